The molecule has 0 unspecified atom stereocenters. The third-order valence-corrected chi connectivity index (χ3v) is 5.74. The number of nitrogens with zero attached hydrogens (tertiary/aromatic N) is 3. The highest BCUT2D eigenvalue weighted by Crippen LogP contribution is 2.31. The van der Waals surface area contributed by atoms with E-state index in [1.807, 2.05) is 30.6 Å². The summed E-state index contributed by atoms with van der Waals surface area (Å²) in [6.07, 6.45) is 10.9. The molecule has 1 aliphatic carbocycles. The SMILES string of the molecule is COc1ccc(CN(c2cccnc2)C2CCNCC2)nc1OC1CCCC1. The molecular weight excluding hydrogens is 352 g/mol. The van der Waals surface area contributed by atoms with Gasteiger partial charge in [0, 0.05) is 12.2 Å². The van der Waals surface area contributed by atoms with Crippen LogP contribution in [0.3, 0.4) is 0 Å². The van der Waals surface area contributed by atoms with Crippen molar-refractivity contribution in [1.29, 1.82) is 0 Å². The van der Waals surface area contributed by atoms with E-state index in [4.69, 9.17) is 14.5 Å². The lowest BCUT2D eigenvalue weighted by atomic mass is 10.0. The molecule has 2 aliphatic rings. The van der Waals surface area contributed by atoms with Crippen molar-refractivity contribution >= 4 is 5.69 Å². The normalized spacial score (nSPS) is 18.2. The third kappa shape index (κ3) is 4.55. The van der Waals surface area contributed by atoms with Gasteiger partial charge >= 0.3 is 0 Å². The average Bonchev–Trinajstić information content (AvgIpc) is 3.26. The highest BCUT2D eigenvalue weighted by atomic mass is 16.5. The number of piperidine rings is 1. The molecule has 4 rings (SSSR count). The zero-order valence-corrected chi connectivity index (χ0v) is 16.6. The largest absolute Gasteiger partial charge is 0.491 e. The summed E-state index contributed by atoms with van der Waals surface area (Å²) >= 11 is 0. The lowest BCUT2D eigenvalue weighted by Gasteiger charge is -2.36. The van der Waals surface area contributed by atoms with Crippen LogP contribution >= 0.6 is 0 Å². The quantitative estimate of drug-likeness (QED) is 0.790. The molecule has 3 heterocycles. The van der Waals surface area contributed by atoms with Crippen LogP contribution in [0.15, 0.2) is 36.7 Å². The fraction of sp³-hybridized carbons (Fsp3) is 0.545. The minimum atomic E-state index is 0.260. The standard InChI is InChI=1S/C22H30N4O2/c1-27-21-9-8-17(25-22(21)28-20-6-2-3-7-20)16-26(18-10-13-23-14-11-18)19-5-4-12-24-15-19/h4-5,8-9,12,15,18,20,23H,2-3,6-7,10-11,13-14,16H2,1H3. The number of rotatable bonds is 7. The molecule has 0 amide bonds. The number of hydrogen-bond acceptors (Lipinski definition) is 6. The first-order valence-electron chi connectivity index (χ1n) is 10.4. The third-order valence-electron chi connectivity index (χ3n) is 5.74. The Morgan fingerprint density at radius 1 is 1.11 bits per heavy atom. The molecule has 0 bridgehead atoms. The second-order valence-corrected chi connectivity index (χ2v) is 7.65. The molecular formula is C22H30N4O2. The number of nitrogens with one attached hydrogen (secondary N) is 1. The Kier molecular flexibility index (Phi) is 6.27. The summed E-state index contributed by atoms with van der Waals surface area (Å²) in [4.78, 5) is 11.6. The van der Waals surface area contributed by atoms with E-state index in [2.05, 4.69) is 21.3 Å². The van der Waals surface area contributed by atoms with Crippen LogP contribution in [0.4, 0.5) is 5.69 Å². The first kappa shape index (κ1) is 19.0. The van der Waals surface area contributed by atoms with E-state index < -0.39 is 0 Å². The van der Waals surface area contributed by atoms with Crippen molar-refractivity contribution < 1.29 is 9.47 Å². The Hall–Kier alpha value is -2.34. The Morgan fingerprint density at radius 3 is 2.64 bits per heavy atom. The maximum atomic E-state index is 6.19. The Morgan fingerprint density at radius 2 is 1.93 bits per heavy atom. The first-order valence-corrected chi connectivity index (χ1v) is 10.4. The van der Waals surface area contributed by atoms with Crippen LogP contribution in [0, 0.1) is 0 Å². The highest BCUT2D eigenvalue weighted by molar-refractivity contribution is 5.46. The molecule has 2 fully saturated rings. The number of ether oxygens (including phenoxy) is 2. The molecule has 28 heavy (non-hydrogen) atoms. The van der Waals surface area contributed by atoms with Crippen LogP contribution in [0.1, 0.15) is 44.2 Å². The van der Waals surface area contributed by atoms with Crippen LogP contribution in [-0.4, -0.2) is 42.3 Å². The van der Waals surface area contributed by atoms with Crippen molar-refractivity contribution in [3.05, 3.63) is 42.4 Å². The van der Waals surface area contributed by atoms with Crippen molar-refractivity contribution in [2.75, 3.05) is 25.1 Å². The molecule has 0 aromatic carbocycles. The van der Waals surface area contributed by atoms with E-state index in [0.717, 1.165) is 56.7 Å². The van der Waals surface area contributed by atoms with E-state index in [9.17, 15) is 0 Å². The van der Waals surface area contributed by atoms with Gasteiger partial charge in [0.15, 0.2) is 5.75 Å². The molecule has 1 saturated heterocycles. The van der Waals surface area contributed by atoms with Crippen molar-refractivity contribution in [2.24, 2.45) is 0 Å². The molecule has 6 heteroatoms. The average molecular weight is 383 g/mol. The van der Waals surface area contributed by atoms with Crippen LogP contribution in [0.25, 0.3) is 0 Å². The van der Waals surface area contributed by atoms with Crippen LogP contribution in [0.2, 0.25) is 0 Å². The van der Waals surface area contributed by atoms with Gasteiger partial charge in [-0.15, -0.1) is 0 Å². The minimum absolute atomic E-state index is 0.260. The van der Waals surface area contributed by atoms with Crippen molar-refractivity contribution in [3.8, 4) is 11.6 Å². The molecule has 2 aromatic rings. The number of aromatic nitrogens is 2. The second kappa shape index (κ2) is 9.24. The fourth-order valence-corrected chi connectivity index (χ4v) is 4.21. The molecule has 1 N–H and O–H groups in total. The van der Waals surface area contributed by atoms with Gasteiger partial charge < -0.3 is 19.7 Å². The van der Waals surface area contributed by atoms with E-state index in [1.54, 1.807) is 7.11 Å². The van der Waals surface area contributed by atoms with Crippen LogP contribution in [0.5, 0.6) is 11.6 Å². The lowest BCUT2D eigenvalue weighted by Crippen LogP contribution is -2.43. The molecule has 150 valence electrons. The Bertz CT molecular complexity index is 743. The predicted molar refractivity (Wildman–Crippen MR) is 110 cm³/mol. The van der Waals surface area contributed by atoms with Gasteiger partial charge in [-0.25, -0.2) is 4.98 Å². The number of anilines is 1. The number of hydrogen-bond donors (Lipinski definition) is 1. The Labute approximate surface area is 167 Å². The first-order chi connectivity index (χ1) is 13.8. The summed E-state index contributed by atoms with van der Waals surface area (Å²) in [6, 6.07) is 8.64. The minimum Gasteiger partial charge on any atom is -0.491 e. The monoisotopic (exact) mass is 382 g/mol. The maximum absolute atomic E-state index is 6.19. The van der Waals surface area contributed by atoms with E-state index >= 15 is 0 Å². The molecule has 1 saturated carbocycles. The highest BCUT2D eigenvalue weighted by Gasteiger charge is 2.24. The molecule has 1 aliphatic heterocycles. The molecule has 0 radical (unpaired) electrons. The van der Waals surface area contributed by atoms with Crippen molar-refractivity contribution in [3.63, 3.8) is 0 Å². The fourth-order valence-electron chi connectivity index (χ4n) is 4.21. The van der Waals surface area contributed by atoms with Gasteiger partial charge in [-0.2, -0.15) is 0 Å². The van der Waals surface area contributed by atoms with Crippen LogP contribution in [-0.2, 0) is 6.54 Å². The second-order valence-electron chi connectivity index (χ2n) is 7.65. The van der Waals surface area contributed by atoms with Gasteiger partial charge in [0.2, 0.25) is 0 Å². The van der Waals surface area contributed by atoms with Gasteiger partial charge in [0.05, 0.1) is 31.2 Å². The topological polar surface area (TPSA) is 59.5 Å². The Balaban J connectivity index is 1.56. The zero-order valence-electron chi connectivity index (χ0n) is 16.6. The van der Waals surface area contributed by atoms with Gasteiger partial charge in [-0.3, -0.25) is 4.98 Å². The maximum Gasteiger partial charge on any atom is 0.257 e. The van der Waals surface area contributed by atoms with Crippen molar-refractivity contribution in [1.82, 2.24) is 15.3 Å². The molecule has 6 nitrogen and oxygen atoms in total. The molecule has 0 spiro atoms. The summed E-state index contributed by atoms with van der Waals surface area (Å²) in [5.41, 5.74) is 2.14. The molecule has 0 atom stereocenters. The predicted octanol–water partition coefficient (Wildman–Crippen LogP) is 3.57. The summed E-state index contributed by atoms with van der Waals surface area (Å²) in [6.45, 7) is 2.84. The van der Waals surface area contributed by atoms with Crippen LogP contribution < -0.4 is 19.7 Å². The summed E-state index contributed by atoms with van der Waals surface area (Å²) < 4.78 is 11.7. The number of pyridine rings is 2. The van der Waals surface area contributed by atoms with E-state index in [-0.39, 0.29) is 6.10 Å². The number of methoxy groups -OCH3 is 1. The molecule has 2 aromatic heterocycles. The smallest absolute Gasteiger partial charge is 0.257 e. The summed E-state index contributed by atoms with van der Waals surface area (Å²) in [5, 5.41) is 3.46. The van der Waals surface area contributed by atoms with E-state index in [0.29, 0.717) is 17.7 Å². The zero-order chi connectivity index (χ0) is 19.2. The summed E-state index contributed by atoms with van der Waals surface area (Å²) in [5.74, 6) is 1.34. The van der Waals surface area contributed by atoms with E-state index in [1.165, 1.54) is 12.8 Å². The van der Waals surface area contributed by atoms with Gasteiger partial charge in [0.25, 0.3) is 5.88 Å². The van der Waals surface area contributed by atoms with Crippen molar-refractivity contribution in [2.45, 2.75) is 57.2 Å². The van der Waals surface area contributed by atoms with Gasteiger partial charge in [-0.05, 0) is 75.9 Å². The lowest BCUT2D eigenvalue weighted by molar-refractivity contribution is 0.191. The summed E-state index contributed by atoms with van der Waals surface area (Å²) in [7, 11) is 1.68. The van der Waals surface area contributed by atoms with Gasteiger partial charge in [0.1, 0.15) is 6.10 Å². The van der Waals surface area contributed by atoms with Gasteiger partial charge in [-0.1, -0.05) is 0 Å².